The number of nitrogens with zero attached hydrogens (tertiary/aromatic N) is 2. The molecule has 0 radical (unpaired) electrons. The summed E-state index contributed by atoms with van der Waals surface area (Å²) < 4.78 is 0. The third-order valence-electron chi connectivity index (χ3n) is 8.60. The minimum Gasteiger partial charge on any atom is -0.373 e. The van der Waals surface area contributed by atoms with Gasteiger partial charge in [-0.3, -0.25) is 14.4 Å². The second kappa shape index (κ2) is 13.2. The Morgan fingerprint density at radius 3 is 2.11 bits per heavy atom. The zero-order valence-corrected chi connectivity index (χ0v) is 28.8. The fourth-order valence-electron chi connectivity index (χ4n) is 5.07. The van der Waals surface area contributed by atoms with Gasteiger partial charge in [0.15, 0.2) is 5.75 Å². The van der Waals surface area contributed by atoms with Crippen molar-refractivity contribution in [2.24, 2.45) is 0 Å². The second-order valence-corrected chi connectivity index (χ2v) is 13.8. The van der Waals surface area contributed by atoms with Crippen LogP contribution in [0, 0.1) is 0 Å². The molecule has 1 aliphatic heterocycles. The maximum Gasteiger partial charge on any atom is 0.255 e. The Labute approximate surface area is 279 Å². The van der Waals surface area contributed by atoms with E-state index in [0.29, 0.717) is 11.3 Å². The Balaban J connectivity index is 1.86. The lowest BCUT2D eigenvalue weighted by Gasteiger charge is -2.40. The molecule has 11 heteroatoms. The van der Waals surface area contributed by atoms with Gasteiger partial charge in [-0.1, -0.05) is 107 Å². The van der Waals surface area contributed by atoms with Gasteiger partial charge in [0.05, 0.1) is 22.2 Å². The van der Waals surface area contributed by atoms with E-state index in [1.165, 1.54) is 19.1 Å². The maximum atomic E-state index is 13.7. The molecular weight excluding hydrogens is 635 g/mol. The lowest BCUT2D eigenvalue weighted by molar-refractivity contribution is -0.186. The minimum absolute atomic E-state index is 0.0925. The number of anilines is 1. The van der Waals surface area contributed by atoms with Crippen LogP contribution in [0.4, 0.5) is 5.69 Å². The van der Waals surface area contributed by atoms with Gasteiger partial charge in [0.2, 0.25) is 11.7 Å². The van der Waals surface area contributed by atoms with Crippen molar-refractivity contribution in [2.45, 2.75) is 84.3 Å². The molecule has 0 spiro atoms. The fraction of sp³-hybridized carbons (Fsp3) is 0.382. The third-order valence-corrected chi connectivity index (χ3v) is 9.39. The number of hydrogen-bond donors (Lipinski definition) is 2. The Bertz CT molecular complexity index is 1590. The van der Waals surface area contributed by atoms with Crippen LogP contribution < -0.4 is 20.6 Å². The molecule has 45 heavy (non-hydrogen) atoms. The number of amides is 3. The number of hydrogen-bond acceptors (Lipinski definition) is 5. The number of carbonyl (C=O) groups is 3. The molecule has 1 fully saturated rings. The average molecular weight is 674 g/mol. The van der Waals surface area contributed by atoms with E-state index >= 15 is 0 Å². The van der Waals surface area contributed by atoms with Gasteiger partial charge in [-0.15, -0.1) is 5.06 Å². The number of hydrazine groups is 1. The molecular formula is C34H39Cl3N4O4. The van der Waals surface area contributed by atoms with E-state index in [1.807, 2.05) is 12.1 Å². The standard InChI is InChI=1S/C34H39Cl3N4O4/c1-8-32(4,5)23-15-16-28(25(17-23)33(6,7)9-2)45-41(21(3)42)34(38-31(44)22-13-11-10-12-14-22)20-29(43)40(39-34)30-26(36)18-24(35)19-27(30)37/h10-19,39H,8-9,20H2,1-7H3,(H,38,44). The molecule has 0 aliphatic carbocycles. The normalized spacial score (nSPS) is 16.9. The molecule has 0 aromatic heterocycles. The molecule has 240 valence electrons. The Morgan fingerprint density at radius 1 is 0.956 bits per heavy atom. The molecule has 3 amide bonds. The van der Waals surface area contributed by atoms with Crippen molar-refractivity contribution in [3.05, 3.63) is 92.4 Å². The minimum atomic E-state index is -1.88. The molecule has 8 nitrogen and oxygen atoms in total. The molecule has 0 saturated carbocycles. The van der Waals surface area contributed by atoms with Crippen LogP contribution in [0.15, 0.2) is 60.7 Å². The van der Waals surface area contributed by atoms with E-state index in [0.717, 1.165) is 34.0 Å². The number of halogens is 3. The van der Waals surface area contributed by atoms with E-state index < -0.39 is 29.9 Å². The molecule has 2 N–H and O–H groups in total. The van der Waals surface area contributed by atoms with E-state index in [-0.39, 0.29) is 31.6 Å². The summed E-state index contributed by atoms with van der Waals surface area (Å²) in [4.78, 5) is 47.3. The Morgan fingerprint density at radius 2 is 1.56 bits per heavy atom. The van der Waals surface area contributed by atoms with Crippen molar-refractivity contribution >= 4 is 58.2 Å². The van der Waals surface area contributed by atoms with Gasteiger partial charge >= 0.3 is 0 Å². The lowest BCUT2D eigenvalue weighted by Crippen LogP contribution is -2.70. The third kappa shape index (κ3) is 7.09. The van der Waals surface area contributed by atoms with E-state index in [2.05, 4.69) is 58.4 Å². The molecule has 1 heterocycles. The SMILES string of the molecule is CCC(C)(C)c1ccc(ON(C(C)=O)C2(NC(=O)c3ccccc3)CC(=O)N(c3c(Cl)cc(Cl)cc3Cl)N2)c(C(C)(C)CC)c1. The van der Waals surface area contributed by atoms with Crippen molar-refractivity contribution in [2.75, 3.05) is 5.01 Å². The monoisotopic (exact) mass is 672 g/mol. The number of rotatable bonds is 10. The van der Waals surface area contributed by atoms with Crippen molar-refractivity contribution in [1.29, 1.82) is 0 Å². The van der Waals surface area contributed by atoms with Crippen molar-refractivity contribution < 1.29 is 19.2 Å². The summed E-state index contributed by atoms with van der Waals surface area (Å²) in [6, 6.07) is 17.3. The summed E-state index contributed by atoms with van der Waals surface area (Å²) in [7, 11) is 0. The summed E-state index contributed by atoms with van der Waals surface area (Å²) in [6.07, 6.45) is 1.30. The van der Waals surface area contributed by atoms with Crippen LogP contribution >= 0.6 is 34.8 Å². The summed E-state index contributed by atoms with van der Waals surface area (Å²) in [6.45, 7) is 14.1. The highest BCUT2D eigenvalue weighted by atomic mass is 35.5. The van der Waals surface area contributed by atoms with Crippen LogP contribution in [0.3, 0.4) is 0 Å². The van der Waals surface area contributed by atoms with Gasteiger partial charge in [-0.2, -0.15) is 5.43 Å². The van der Waals surface area contributed by atoms with Crippen molar-refractivity contribution in [1.82, 2.24) is 15.8 Å². The summed E-state index contributed by atoms with van der Waals surface area (Å²) in [5.41, 5.74) is 5.01. The quantitative estimate of drug-likeness (QED) is 0.167. The van der Waals surface area contributed by atoms with Crippen molar-refractivity contribution in [3.63, 3.8) is 0 Å². The van der Waals surface area contributed by atoms with Crippen LogP contribution in [0.1, 0.15) is 89.2 Å². The van der Waals surface area contributed by atoms with Crippen LogP contribution in [-0.4, -0.2) is 28.6 Å². The molecule has 1 unspecified atom stereocenters. The molecule has 1 atom stereocenters. The van der Waals surface area contributed by atoms with Crippen molar-refractivity contribution in [3.8, 4) is 5.75 Å². The molecule has 1 saturated heterocycles. The molecule has 0 bridgehead atoms. The van der Waals surface area contributed by atoms with Crippen LogP contribution in [0.25, 0.3) is 0 Å². The van der Waals surface area contributed by atoms with Gasteiger partial charge in [0.25, 0.3) is 11.8 Å². The largest absolute Gasteiger partial charge is 0.373 e. The van der Waals surface area contributed by atoms with Crippen LogP contribution in [0.5, 0.6) is 5.75 Å². The van der Waals surface area contributed by atoms with Crippen LogP contribution in [-0.2, 0) is 20.4 Å². The van der Waals surface area contributed by atoms with Gasteiger partial charge in [0.1, 0.15) is 0 Å². The average Bonchev–Trinajstić information content (AvgIpc) is 3.30. The molecule has 3 aromatic rings. The van der Waals surface area contributed by atoms with E-state index in [1.54, 1.807) is 30.3 Å². The zero-order valence-electron chi connectivity index (χ0n) is 26.6. The predicted molar refractivity (Wildman–Crippen MR) is 180 cm³/mol. The highest BCUT2D eigenvalue weighted by molar-refractivity contribution is 6.42. The Hall–Kier alpha value is -3.30. The Kier molecular flexibility index (Phi) is 10.1. The first-order valence-corrected chi connectivity index (χ1v) is 15.9. The van der Waals surface area contributed by atoms with Gasteiger partial charge in [-0.05, 0) is 59.6 Å². The lowest BCUT2D eigenvalue weighted by atomic mass is 9.76. The highest BCUT2D eigenvalue weighted by Crippen LogP contribution is 2.42. The first-order valence-electron chi connectivity index (χ1n) is 14.8. The maximum absolute atomic E-state index is 13.7. The smallest absolute Gasteiger partial charge is 0.255 e. The van der Waals surface area contributed by atoms with Gasteiger partial charge in [-0.25, -0.2) is 5.01 Å². The second-order valence-electron chi connectivity index (χ2n) is 12.5. The highest BCUT2D eigenvalue weighted by Gasteiger charge is 2.53. The van der Waals surface area contributed by atoms with Gasteiger partial charge < -0.3 is 10.2 Å². The topological polar surface area (TPSA) is 91.0 Å². The fourth-order valence-corrected chi connectivity index (χ4v) is 6.05. The van der Waals surface area contributed by atoms with E-state index in [9.17, 15) is 14.4 Å². The van der Waals surface area contributed by atoms with Gasteiger partial charge in [0, 0.05) is 23.1 Å². The summed E-state index contributed by atoms with van der Waals surface area (Å²) >= 11 is 19.1. The summed E-state index contributed by atoms with van der Waals surface area (Å²) in [5.74, 6) is -3.11. The van der Waals surface area contributed by atoms with E-state index in [4.69, 9.17) is 39.6 Å². The first kappa shape index (κ1) is 34.6. The number of carbonyl (C=O) groups excluding carboxylic acids is 3. The number of nitrogens with one attached hydrogen (secondary N) is 2. The molecule has 1 aliphatic rings. The first-order chi connectivity index (χ1) is 21.0. The number of benzene rings is 3. The zero-order chi connectivity index (χ0) is 33.3. The molecule has 4 rings (SSSR count). The van der Waals surface area contributed by atoms with Crippen LogP contribution in [0.2, 0.25) is 15.1 Å². The predicted octanol–water partition coefficient (Wildman–Crippen LogP) is 8.19. The summed E-state index contributed by atoms with van der Waals surface area (Å²) in [5, 5.41) is 5.43. The molecule has 3 aromatic carbocycles. The number of hydroxylamine groups is 2.